The second-order valence-electron chi connectivity index (χ2n) is 16.5. The van der Waals surface area contributed by atoms with Gasteiger partial charge < -0.3 is 50.0 Å². The molecule has 3 aromatic rings. The van der Waals surface area contributed by atoms with E-state index in [4.69, 9.17) is 19.2 Å². The maximum absolute atomic E-state index is 14.6. The molecule has 2 aromatic heterocycles. The normalized spacial score (nSPS) is 22.7. The molecule has 3 fully saturated rings. The number of rotatable bonds is 15. The number of carboxylic acid groups (broad SMARTS) is 1. The van der Waals surface area contributed by atoms with E-state index < -0.39 is 72.9 Å². The highest BCUT2D eigenvalue weighted by atomic mass is 32.1. The van der Waals surface area contributed by atoms with E-state index in [-0.39, 0.29) is 37.3 Å². The molecule has 3 aliphatic rings. The van der Waals surface area contributed by atoms with Crippen LogP contribution in [0.15, 0.2) is 42.3 Å². The van der Waals surface area contributed by atoms with E-state index in [0.717, 1.165) is 25.7 Å². The fourth-order valence-corrected chi connectivity index (χ4v) is 8.52. The number of amides is 3. The van der Waals surface area contributed by atoms with Crippen molar-refractivity contribution in [3.05, 3.63) is 42.3 Å². The molecule has 1 saturated heterocycles. The van der Waals surface area contributed by atoms with Gasteiger partial charge in [-0.25, -0.2) is 19.6 Å². The molecule has 0 bridgehead atoms. The number of carbonyl (C=O) groups is 4. The molecule has 314 valence electrons. The summed E-state index contributed by atoms with van der Waals surface area (Å²) in [6, 6.07) is 4.16. The number of hydrogen-bond acceptors (Lipinski definition) is 12. The number of aliphatic carboxylic acids is 1. The van der Waals surface area contributed by atoms with Crippen LogP contribution in [-0.4, -0.2) is 102 Å². The predicted octanol–water partition coefficient (Wildman–Crippen LogP) is 5.27. The molecule has 3 amide bonds. The number of likely N-dealkylation sites (tertiary alicyclic amines) is 1. The average Bonchev–Trinajstić information content (AvgIpc) is 3.55. The average molecular weight is 843 g/mol. The molecule has 1 unspecified atom stereocenters. The standard InChI is InChI=1S/C39H51N6O11PS/c1-7-22-17-39(22,35(48)49)44-33(46)30-15-25(18-45(30)34(47)32(38(4,5)6)43-37(50)56-23-10-8-9-11-23)55-31-16-28(29-19-58-36(42-29)40-21(2)3)41-27-14-24(12-13-26(27)31)54-20-57(51,52)53/h7,12-14,16,19,21-23,25,30,32H,1,8-11,15,17-18,20H2,2-6H3,(H,40,42)(H,43,50)(H,44,46)(H,48,49)(H2,51,52,53)/t22-,25-,30+,32?,39-/m1/s1. The quantitative estimate of drug-likeness (QED) is 0.0845. The maximum Gasteiger partial charge on any atom is 0.408 e. The van der Waals surface area contributed by atoms with Gasteiger partial charge in [-0.15, -0.1) is 17.9 Å². The largest absolute Gasteiger partial charge is 0.488 e. The van der Waals surface area contributed by atoms with Crippen LogP contribution in [-0.2, 0) is 23.7 Å². The summed E-state index contributed by atoms with van der Waals surface area (Å²) < 4.78 is 29.2. The van der Waals surface area contributed by atoms with E-state index in [1.165, 1.54) is 34.4 Å². The highest BCUT2D eigenvalue weighted by molar-refractivity contribution is 7.51. The highest BCUT2D eigenvalue weighted by Crippen LogP contribution is 2.45. The van der Waals surface area contributed by atoms with Crippen LogP contribution in [0.5, 0.6) is 11.5 Å². The summed E-state index contributed by atoms with van der Waals surface area (Å²) in [5.41, 5.74) is -1.11. The zero-order valence-electron chi connectivity index (χ0n) is 33.1. The summed E-state index contributed by atoms with van der Waals surface area (Å²) in [6.07, 6.45) is 2.31. The van der Waals surface area contributed by atoms with Crippen molar-refractivity contribution in [1.29, 1.82) is 0 Å². The molecule has 58 heavy (non-hydrogen) atoms. The summed E-state index contributed by atoms with van der Waals surface area (Å²) in [6.45, 7) is 12.9. The first kappa shape index (κ1) is 42.8. The number of thiazole rings is 1. The Morgan fingerprint density at radius 3 is 2.45 bits per heavy atom. The third-order valence-corrected chi connectivity index (χ3v) is 11.7. The molecule has 2 saturated carbocycles. The van der Waals surface area contributed by atoms with Gasteiger partial charge in [-0.1, -0.05) is 26.8 Å². The molecule has 19 heteroatoms. The minimum absolute atomic E-state index is 0.0306. The first-order chi connectivity index (χ1) is 27.3. The lowest BCUT2D eigenvalue weighted by molar-refractivity contribution is -0.146. The van der Waals surface area contributed by atoms with Gasteiger partial charge in [0.2, 0.25) is 11.8 Å². The number of nitrogens with one attached hydrogen (secondary N) is 3. The highest BCUT2D eigenvalue weighted by Gasteiger charge is 2.61. The Balaban J connectivity index is 1.34. The van der Waals surface area contributed by atoms with E-state index in [9.17, 15) is 38.6 Å². The summed E-state index contributed by atoms with van der Waals surface area (Å²) in [5, 5.41) is 21.8. The number of pyridine rings is 1. The first-order valence-electron chi connectivity index (χ1n) is 19.2. The van der Waals surface area contributed by atoms with Crippen LogP contribution in [0.2, 0.25) is 0 Å². The molecule has 5 atom stereocenters. The van der Waals surface area contributed by atoms with Crippen molar-refractivity contribution in [2.24, 2.45) is 11.3 Å². The van der Waals surface area contributed by atoms with Gasteiger partial charge in [0.05, 0.1) is 17.8 Å². The molecule has 17 nitrogen and oxygen atoms in total. The van der Waals surface area contributed by atoms with Crippen LogP contribution in [0.25, 0.3) is 22.3 Å². The second-order valence-corrected chi connectivity index (χ2v) is 19.0. The number of ether oxygens (including phenoxy) is 3. The van der Waals surface area contributed by atoms with Gasteiger partial charge in [-0.3, -0.25) is 14.2 Å². The molecule has 3 heterocycles. The Hall–Kier alpha value is -4.77. The summed E-state index contributed by atoms with van der Waals surface area (Å²) in [5.74, 6) is -2.51. The van der Waals surface area contributed by atoms with Gasteiger partial charge in [-0.05, 0) is 63.5 Å². The number of hydrogen-bond donors (Lipinski definition) is 6. The number of nitrogens with zero attached hydrogens (tertiary/aromatic N) is 3. The number of benzene rings is 1. The molecule has 2 aliphatic carbocycles. The number of aromatic nitrogens is 2. The van der Waals surface area contributed by atoms with E-state index >= 15 is 0 Å². The van der Waals surface area contributed by atoms with Crippen LogP contribution in [0, 0.1) is 11.3 Å². The van der Waals surface area contributed by atoms with Gasteiger partial charge in [0.15, 0.2) is 11.5 Å². The van der Waals surface area contributed by atoms with Crippen LogP contribution in [0.4, 0.5) is 9.93 Å². The molecular weight excluding hydrogens is 792 g/mol. The zero-order valence-corrected chi connectivity index (χ0v) is 34.8. The van der Waals surface area contributed by atoms with Crippen molar-refractivity contribution in [2.45, 2.75) is 109 Å². The van der Waals surface area contributed by atoms with Crippen LogP contribution < -0.4 is 25.4 Å². The molecule has 0 radical (unpaired) electrons. The molecular formula is C39H51N6O11PS. The molecule has 6 rings (SSSR count). The number of carboxylic acids is 1. The number of alkyl carbamates (subject to hydrolysis) is 1. The van der Waals surface area contributed by atoms with Crippen LogP contribution in [0.1, 0.15) is 73.1 Å². The van der Waals surface area contributed by atoms with Crippen molar-refractivity contribution in [3.8, 4) is 22.9 Å². The number of carbonyl (C=O) groups excluding carboxylic acids is 3. The minimum atomic E-state index is -4.48. The van der Waals surface area contributed by atoms with Crippen molar-refractivity contribution in [3.63, 3.8) is 0 Å². The third-order valence-electron chi connectivity index (χ3n) is 10.4. The molecule has 6 N–H and O–H groups in total. The topological polar surface area (TPSA) is 239 Å². The fraction of sp³-hybridized carbons (Fsp3) is 0.538. The van der Waals surface area contributed by atoms with Crippen LogP contribution in [0.3, 0.4) is 0 Å². The van der Waals surface area contributed by atoms with Gasteiger partial charge in [-0.2, -0.15) is 0 Å². The molecule has 1 aromatic carbocycles. The lowest BCUT2D eigenvalue weighted by Crippen LogP contribution is -2.59. The number of fused-ring (bicyclic) bond motifs is 1. The minimum Gasteiger partial charge on any atom is -0.488 e. The molecule has 1 aliphatic heterocycles. The van der Waals surface area contributed by atoms with E-state index in [2.05, 4.69) is 27.5 Å². The van der Waals surface area contributed by atoms with Crippen molar-refractivity contribution < 1.29 is 52.8 Å². The molecule has 0 spiro atoms. The van der Waals surface area contributed by atoms with Crippen molar-refractivity contribution in [2.75, 3.05) is 18.2 Å². The smallest absolute Gasteiger partial charge is 0.408 e. The summed E-state index contributed by atoms with van der Waals surface area (Å²) in [4.78, 5) is 83.8. The van der Waals surface area contributed by atoms with Crippen molar-refractivity contribution >= 4 is 58.8 Å². The Bertz CT molecular complexity index is 2110. The zero-order chi connectivity index (χ0) is 42.2. The van der Waals surface area contributed by atoms with E-state index in [0.29, 0.717) is 33.2 Å². The lowest BCUT2D eigenvalue weighted by atomic mass is 9.85. The Kier molecular flexibility index (Phi) is 12.4. The Morgan fingerprint density at radius 2 is 1.83 bits per heavy atom. The summed E-state index contributed by atoms with van der Waals surface area (Å²) >= 11 is 1.38. The lowest BCUT2D eigenvalue weighted by Gasteiger charge is -2.35. The van der Waals surface area contributed by atoms with E-state index in [1.54, 1.807) is 32.9 Å². The SMILES string of the molecule is C=C[C@@H]1C[C@]1(NC(=O)[C@@H]1C[C@@H](Oc2cc(-c3csc(NC(C)C)n3)nc3cc(OCP(=O)(O)O)ccc23)CN1C(=O)C(NC(=O)OC1CCCC1)C(C)(C)C)C(=O)O. The number of anilines is 1. The Morgan fingerprint density at radius 1 is 1.10 bits per heavy atom. The monoisotopic (exact) mass is 842 g/mol. The van der Waals surface area contributed by atoms with Crippen molar-refractivity contribution in [1.82, 2.24) is 25.5 Å². The van der Waals surface area contributed by atoms with Gasteiger partial charge in [0.1, 0.15) is 47.0 Å². The van der Waals surface area contributed by atoms with Gasteiger partial charge >= 0.3 is 19.7 Å². The third kappa shape index (κ3) is 9.91. The second kappa shape index (κ2) is 16.8. The van der Waals surface area contributed by atoms with Gasteiger partial charge in [0.25, 0.3) is 0 Å². The summed E-state index contributed by atoms with van der Waals surface area (Å²) in [7, 11) is -4.48. The van der Waals surface area contributed by atoms with Gasteiger partial charge in [0, 0.05) is 41.3 Å². The van der Waals surface area contributed by atoms with Crippen LogP contribution >= 0.6 is 18.9 Å². The first-order valence-corrected chi connectivity index (χ1v) is 21.9. The maximum atomic E-state index is 14.6. The van der Waals surface area contributed by atoms with E-state index in [1.807, 2.05) is 19.2 Å². The fourth-order valence-electron chi connectivity index (χ4n) is 7.36. The predicted molar refractivity (Wildman–Crippen MR) is 216 cm³/mol. The Labute approximate surface area is 340 Å².